The lowest BCUT2D eigenvalue weighted by Gasteiger charge is -2.29. The first-order valence-electron chi connectivity index (χ1n) is 6.69. The zero-order valence-corrected chi connectivity index (χ0v) is 11.1. The summed E-state index contributed by atoms with van der Waals surface area (Å²) in [4.78, 5) is 15.9. The molecule has 1 rings (SSSR count). The van der Waals surface area contributed by atoms with Crippen molar-refractivity contribution >= 4 is 11.9 Å². The Morgan fingerprint density at radius 3 is 2.44 bits per heavy atom. The average molecular weight is 256 g/mol. The highest BCUT2D eigenvalue weighted by Crippen LogP contribution is 2.12. The molecule has 0 spiro atoms. The van der Waals surface area contributed by atoms with Gasteiger partial charge in [0.25, 0.3) is 0 Å². The molecule has 18 heavy (non-hydrogen) atoms. The summed E-state index contributed by atoms with van der Waals surface area (Å²) in [5.41, 5.74) is 5.49. The minimum absolute atomic E-state index is 0.00495. The lowest BCUT2D eigenvalue weighted by molar-refractivity contribution is 0.160. The van der Waals surface area contributed by atoms with Crippen LogP contribution in [0.1, 0.15) is 39.0 Å². The molecule has 1 aliphatic rings. The van der Waals surface area contributed by atoms with Crippen molar-refractivity contribution in [1.82, 2.24) is 9.80 Å². The molecule has 1 saturated heterocycles. The fourth-order valence-corrected chi connectivity index (χ4v) is 2.20. The molecule has 1 heterocycles. The van der Waals surface area contributed by atoms with Gasteiger partial charge in [-0.1, -0.05) is 24.9 Å². The molecule has 0 aromatic heterocycles. The second-order valence-corrected chi connectivity index (χ2v) is 4.70. The lowest BCUT2D eigenvalue weighted by Crippen LogP contribution is -2.47. The van der Waals surface area contributed by atoms with Crippen LogP contribution in [0.25, 0.3) is 0 Å². The topological polar surface area (TPSA) is 82.2 Å². The van der Waals surface area contributed by atoms with Gasteiger partial charge in [-0.15, -0.1) is 0 Å². The van der Waals surface area contributed by atoms with Gasteiger partial charge in [0.05, 0.1) is 6.54 Å². The van der Waals surface area contributed by atoms with E-state index in [1.165, 1.54) is 12.8 Å². The fraction of sp³-hybridized carbons (Fsp3) is 0.833. The average Bonchev–Trinajstić information content (AvgIpc) is 2.66. The van der Waals surface area contributed by atoms with E-state index in [0.29, 0.717) is 6.54 Å². The van der Waals surface area contributed by atoms with Gasteiger partial charge >= 0.3 is 6.03 Å². The molecule has 1 fully saturated rings. The summed E-state index contributed by atoms with van der Waals surface area (Å²) in [5.74, 6) is 0.0756. The van der Waals surface area contributed by atoms with Crippen molar-refractivity contribution in [3.8, 4) is 0 Å². The molecule has 104 valence electrons. The normalized spacial score (nSPS) is 17.4. The highest BCUT2D eigenvalue weighted by Gasteiger charge is 2.21. The van der Waals surface area contributed by atoms with E-state index in [-0.39, 0.29) is 18.4 Å². The number of amidine groups is 1. The van der Waals surface area contributed by atoms with Gasteiger partial charge < -0.3 is 20.7 Å². The van der Waals surface area contributed by atoms with Crippen LogP contribution < -0.4 is 5.73 Å². The fourth-order valence-electron chi connectivity index (χ4n) is 2.20. The zero-order chi connectivity index (χ0) is 13.4. The number of nitrogens with two attached hydrogens (primary N) is 1. The standard InChI is InChI=1S/C12H24N4O2/c1-2-7-16(10-11(13)14-18)12(17)15-8-5-3-4-6-9-15/h18H,2-10H2,1H3,(H2,13,14). The van der Waals surface area contributed by atoms with Crippen molar-refractivity contribution in [2.75, 3.05) is 26.2 Å². The maximum Gasteiger partial charge on any atom is 0.320 e. The third-order valence-corrected chi connectivity index (χ3v) is 3.12. The smallest absolute Gasteiger partial charge is 0.320 e. The molecule has 3 N–H and O–H groups in total. The van der Waals surface area contributed by atoms with Crippen molar-refractivity contribution in [2.45, 2.75) is 39.0 Å². The predicted molar refractivity (Wildman–Crippen MR) is 70.7 cm³/mol. The largest absolute Gasteiger partial charge is 0.409 e. The third-order valence-electron chi connectivity index (χ3n) is 3.12. The molecule has 0 aliphatic carbocycles. The highest BCUT2D eigenvalue weighted by atomic mass is 16.4. The van der Waals surface area contributed by atoms with Crippen molar-refractivity contribution < 1.29 is 10.0 Å². The van der Waals surface area contributed by atoms with Crippen molar-refractivity contribution in [1.29, 1.82) is 0 Å². The Labute approximate surface area is 108 Å². The van der Waals surface area contributed by atoms with Gasteiger partial charge in [-0.2, -0.15) is 0 Å². The maximum atomic E-state index is 12.4. The summed E-state index contributed by atoms with van der Waals surface area (Å²) in [6.07, 6.45) is 5.37. The summed E-state index contributed by atoms with van der Waals surface area (Å²) < 4.78 is 0. The van der Waals surface area contributed by atoms with Crippen LogP contribution in [0, 0.1) is 0 Å². The van der Waals surface area contributed by atoms with E-state index in [0.717, 1.165) is 32.4 Å². The Morgan fingerprint density at radius 1 is 1.33 bits per heavy atom. The van der Waals surface area contributed by atoms with Gasteiger partial charge in [0, 0.05) is 19.6 Å². The number of hydrogen-bond acceptors (Lipinski definition) is 3. The third kappa shape index (κ3) is 4.43. The highest BCUT2D eigenvalue weighted by molar-refractivity contribution is 5.86. The minimum Gasteiger partial charge on any atom is -0.409 e. The number of likely N-dealkylation sites (tertiary alicyclic amines) is 1. The molecular weight excluding hydrogens is 232 g/mol. The van der Waals surface area contributed by atoms with E-state index < -0.39 is 0 Å². The second kappa shape index (κ2) is 7.79. The van der Waals surface area contributed by atoms with Crippen LogP contribution in [-0.4, -0.2) is 53.1 Å². The summed E-state index contributed by atoms with van der Waals surface area (Å²) in [6, 6.07) is 0.00495. The van der Waals surface area contributed by atoms with Crippen LogP contribution in [0.15, 0.2) is 5.16 Å². The summed E-state index contributed by atoms with van der Waals surface area (Å²) in [7, 11) is 0. The van der Waals surface area contributed by atoms with Gasteiger partial charge in [0.1, 0.15) is 0 Å². The molecule has 0 saturated carbocycles. The SMILES string of the molecule is CCCN(CC(N)=NO)C(=O)N1CCCCCC1. The number of oxime groups is 1. The monoisotopic (exact) mass is 256 g/mol. The first-order chi connectivity index (χ1) is 8.69. The zero-order valence-electron chi connectivity index (χ0n) is 11.1. The van der Waals surface area contributed by atoms with Gasteiger partial charge in [0.2, 0.25) is 0 Å². The van der Waals surface area contributed by atoms with Crippen molar-refractivity contribution in [3.63, 3.8) is 0 Å². The van der Waals surface area contributed by atoms with E-state index in [9.17, 15) is 4.79 Å². The first-order valence-corrected chi connectivity index (χ1v) is 6.69. The number of carbonyl (C=O) groups is 1. The predicted octanol–water partition coefficient (Wildman–Crippen LogP) is 1.44. The summed E-state index contributed by atoms with van der Waals surface area (Å²) in [5, 5.41) is 11.5. The number of rotatable bonds is 4. The number of nitrogens with zero attached hydrogens (tertiary/aromatic N) is 3. The maximum absolute atomic E-state index is 12.4. The Balaban J connectivity index is 2.61. The van der Waals surface area contributed by atoms with Gasteiger partial charge in [-0.05, 0) is 19.3 Å². The van der Waals surface area contributed by atoms with Crippen molar-refractivity contribution in [2.24, 2.45) is 10.9 Å². The van der Waals surface area contributed by atoms with E-state index in [2.05, 4.69) is 5.16 Å². The number of amides is 2. The molecule has 6 heteroatoms. The molecule has 0 aromatic carbocycles. The van der Waals surface area contributed by atoms with E-state index in [4.69, 9.17) is 10.9 Å². The summed E-state index contributed by atoms with van der Waals surface area (Å²) in [6.45, 7) is 4.46. The van der Waals surface area contributed by atoms with Crippen LogP contribution in [0.2, 0.25) is 0 Å². The lowest BCUT2D eigenvalue weighted by atomic mass is 10.2. The van der Waals surface area contributed by atoms with Crippen LogP contribution in [0.5, 0.6) is 0 Å². The molecule has 0 atom stereocenters. The van der Waals surface area contributed by atoms with E-state index in [1.807, 2.05) is 11.8 Å². The molecule has 0 bridgehead atoms. The van der Waals surface area contributed by atoms with Crippen LogP contribution in [0.3, 0.4) is 0 Å². The van der Waals surface area contributed by atoms with Crippen LogP contribution >= 0.6 is 0 Å². The van der Waals surface area contributed by atoms with E-state index in [1.54, 1.807) is 4.90 Å². The number of carbonyl (C=O) groups excluding carboxylic acids is 1. The van der Waals surface area contributed by atoms with E-state index >= 15 is 0 Å². The van der Waals surface area contributed by atoms with Crippen LogP contribution in [-0.2, 0) is 0 Å². The Bertz CT molecular complexity index is 286. The quantitative estimate of drug-likeness (QED) is 0.345. The Kier molecular flexibility index (Phi) is 6.32. The Morgan fingerprint density at radius 2 is 1.94 bits per heavy atom. The molecule has 0 unspecified atom stereocenters. The summed E-state index contributed by atoms with van der Waals surface area (Å²) >= 11 is 0. The number of urea groups is 1. The van der Waals surface area contributed by atoms with Crippen LogP contribution in [0.4, 0.5) is 4.79 Å². The number of hydrogen-bond donors (Lipinski definition) is 2. The molecule has 2 amide bonds. The van der Waals surface area contributed by atoms with Crippen molar-refractivity contribution in [3.05, 3.63) is 0 Å². The first kappa shape index (κ1) is 14.6. The molecule has 0 radical (unpaired) electrons. The molecule has 0 aromatic rings. The van der Waals surface area contributed by atoms with Gasteiger partial charge in [-0.3, -0.25) is 0 Å². The van der Waals surface area contributed by atoms with Gasteiger partial charge in [0.15, 0.2) is 5.84 Å². The molecule has 1 aliphatic heterocycles. The molecular formula is C12H24N4O2. The Hall–Kier alpha value is -1.46. The second-order valence-electron chi connectivity index (χ2n) is 4.70. The molecule has 6 nitrogen and oxygen atoms in total. The minimum atomic E-state index is 0.00495. The van der Waals surface area contributed by atoms with Gasteiger partial charge in [-0.25, -0.2) is 4.79 Å².